The second kappa shape index (κ2) is 7.14. The first-order valence-electron chi connectivity index (χ1n) is 11.4. The molecule has 2 fully saturated rings. The Kier molecular flexibility index (Phi) is 4.75. The highest BCUT2D eigenvalue weighted by Crippen LogP contribution is 2.51. The van der Waals surface area contributed by atoms with E-state index in [1.165, 1.54) is 69.3 Å². The predicted molar refractivity (Wildman–Crippen MR) is 111 cm³/mol. The van der Waals surface area contributed by atoms with Crippen molar-refractivity contribution in [2.45, 2.75) is 82.3 Å². The standard InChI is InChI=1S/C24H33FN2O/c1-2-3-9-23(27-14-4-5-15-27)10-12-24(13-11-23)22-19(8-16-28-24)20-17-18(25)6-7-21(20)26-22/h6-7,17,26H,2-5,8-16H2,1H3. The lowest BCUT2D eigenvalue weighted by molar-refractivity contribution is -0.116. The summed E-state index contributed by atoms with van der Waals surface area (Å²) in [6.07, 6.45) is 12.1. The summed E-state index contributed by atoms with van der Waals surface area (Å²) >= 11 is 0. The number of unbranched alkanes of at least 4 members (excludes halogenated alkanes) is 1. The van der Waals surface area contributed by atoms with Crippen LogP contribution in [0.5, 0.6) is 0 Å². The Morgan fingerprint density at radius 3 is 2.68 bits per heavy atom. The van der Waals surface area contributed by atoms with Crippen molar-refractivity contribution < 1.29 is 9.13 Å². The van der Waals surface area contributed by atoms with Crippen LogP contribution in [-0.4, -0.2) is 35.1 Å². The Morgan fingerprint density at radius 2 is 1.93 bits per heavy atom. The lowest BCUT2D eigenvalue weighted by Gasteiger charge is -2.51. The molecule has 3 heterocycles. The van der Waals surface area contributed by atoms with Gasteiger partial charge in [0, 0.05) is 16.4 Å². The first-order valence-corrected chi connectivity index (χ1v) is 11.4. The molecule has 0 radical (unpaired) electrons. The van der Waals surface area contributed by atoms with Crippen molar-refractivity contribution in [1.82, 2.24) is 9.88 Å². The number of aromatic nitrogens is 1. The monoisotopic (exact) mass is 384 g/mol. The van der Waals surface area contributed by atoms with Crippen LogP contribution < -0.4 is 0 Å². The minimum absolute atomic E-state index is 0.147. The van der Waals surface area contributed by atoms with Gasteiger partial charge in [0.05, 0.1) is 12.3 Å². The van der Waals surface area contributed by atoms with Crippen molar-refractivity contribution >= 4 is 10.9 Å². The molecular weight excluding hydrogens is 351 g/mol. The number of benzene rings is 1. The summed E-state index contributed by atoms with van der Waals surface area (Å²) in [5.41, 5.74) is 3.77. The quantitative estimate of drug-likeness (QED) is 0.735. The Morgan fingerprint density at radius 1 is 1.14 bits per heavy atom. The van der Waals surface area contributed by atoms with E-state index in [0.29, 0.717) is 5.54 Å². The third kappa shape index (κ3) is 2.91. The maximum Gasteiger partial charge on any atom is 0.123 e. The Balaban J connectivity index is 1.46. The van der Waals surface area contributed by atoms with Crippen LogP contribution in [0, 0.1) is 5.82 Å². The molecule has 1 spiro atoms. The summed E-state index contributed by atoms with van der Waals surface area (Å²) in [7, 11) is 0. The molecule has 5 rings (SSSR count). The molecule has 0 bridgehead atoms. The minimum Gasteiger partial charge on any atom is -0.368 e. The molecule has 1 N–H and O–H groups in total. The summed E-state index contributed by atoms with van der Waals surface area (Å²) in [6, 6.07) is 5.14. The summed E-state index contributed by atoms with van der Waals surface area (Å²) < 4.78 is 20.4. The number of ether oxygens (including phenoxy) is 1. The van der Waals surface area contributed by atoms with Crippen molar-refractivity contribution in [3.63, 3.8) is 0 Å². The van der Waals surface area contributed by atoms with Gasteiger partial charge in [0.2, 0.25) is 0 Å². The number of H-pyrrole nitrogens is 1. The van der Waals surface area contributed by atoms with Crippen molar-refractivity contribution in [3.8, 4) is 0 Å². The zero-order valence-electron chi connectivity index (χ0n) is 17.2. The average Bonchev–Trinajstić information content (AvgIpc) is 3.37. The van der Waals surface area contributed by atoms with Crippen LogP contribution in [0.2, 0.25) is 0 Å². The van der Waals surface area contributed by atoms with E-state index in [1.54, 1.807) is 12.1 Å². The normalized spacial score (nSPS) is 30.9. The minimum atomic E-state index is -0.196. The van der Waals surface area contributed by atoms with Gasteiger partial charge in [0.25, 0.3) is 0 Å². The molecule has 1 aromatic heterocycles. The fourth-order valence-electron chi connectivity index (χ4n) is 6.22. The van der Waals surface area contributed by atoms with Crippen LogP contribution in [0.4, 0.5) is 4.39 Å². The third-order valence-corrected chi connectivity index (χ3v) is 7.82. The molecule has 3 aliphatic rings. The van der Waals surface area contributed by atoms with Crippen LogP contribution in [0.3, 0.4) is 0 Å². The number of halogens is 1. The van der Waals surface area contributed by atoms with Gasteiger partial charge < -0.3 is 9.72 Å². The number of rotatable bonds is 4. The zero-order valence-corrected chi connectivity index (χ0v) is 17.2. The van der Waals surface area contributed by atoms with Gasteiger partial charge in [0.1, 0.15) is 11.4 Å². The van der Waals surface area contributed by atoms with Gasteiger partial charge in [-0.1, -0.05) is 19.8 Å². The highest BCUT2D eigenvalue weighted by molar-refractivity contribution is 5.85. The molecule has 28 heavy (non-hydrogen) atoms. The van der Waals surface area contributed by atoms with E-state index in [4.69, 9.17) is 4.74 Å². The van der Waals surface area contributed by atoms with Crippen LogP contribution >= 0.6 is 0 Å². The fourth-order valence-corrected chi connectivity index (χ4v) is 6.22. The molecule has 1 saturated carbocycles. The SMILES string of the molecule is CCCCC1(N2CCCC2)CCC2(CC1)OCCc1c2[nH]c2ccc(F)cc12. The predicted octanol–water partition coefficient (Wildman–Crippen LogP) is 5.67. The topological polar surface area (TPSA) is 28.3 Å². The second-order valence-electron chi connectivity index (χ2n) is 9.28. The molecule has 152 valence electrons. The molecule has 0 amide bonds. The summed E-state index contributed by atoms with van der Waals surface area (Å²) in [5, 5.41) is 1.06. The van der Waals surface area contributed by atoms with Crippen molar-refractivity contribution in [2.24, 2.45) is 0 Å². The van der Waals surface area contributed by atoms with Gasteiger partial charge in [-0.15, -0.1) is 0 Å². The molecule has 1 aliphatic carbocycles. The maximum absolute atomic E-state index is 13.9. The molecule has 1 aromatic carbocycles. The number of hydrogen-bond acceptors (Lipinski definition) is 2. The van der Waals surface area contributed by atoms with Gasteiger partial charge in [-0.25, -0.2) is 4.39 Å². The number of nitrogens with one attached hydrogen (secondary N) is 1. The first kappa shape index (κ1) is 18.6. The van der Waals surface area contributed by atoms with E-state index in [2.05, 4.69) is 16.8 Å². The average molecular weight is 385 g/mol. The molecule has 0 atom stereocenters. The fraction of sp³-hybridized carbons (Fsp3) is 0.667. The molecule has 2 aromatic rings. The number of fused-ring (bicyclic) bond motifs is 4. The van der Waals surface area contributed by atoms with Crippen LogP contribution in [0.25, 0.3) is 10.9 Å². The van der Waals surface area contributed by atoms with E-state index in [0.717, 1.165) is 36.8 Å². The van der Waals surface area contributed by atoms with Crippen LogP contribution in [0.1, 0.15) is 76.0 Å². The summed E-state index contributed by atoms with van der Waals surface area (Å²) in [4.78, 5) is 6.44. The van der Waals surface area contributed by atoms with Crippen LogP contribution in [-0.2, 0) is 16.8 Å². The van der Waals surface area contributed by atoms with Gasteiger partial charge >= 0.3 is 0 Å². The Labute approximate surface area is 167 Å². The first-order chi connectivity index (χ1) is 13.7. The van der Waals surface area contributed by atoms with Gasteiger partial charge in [0.15, 0.2) is 0 Å². The van der Waals surface area contributed by atoms with E-state index in [1.807, 2.05) is 6.07 Å². The molecule has 0 unspecified atom stereocenters. The highest BCUT2D eigenvalue weighted by atomic mass is 19.1. The van der Waals surface area contributed by atoms with Gasteiger partial charge in [-0.05, 0) is 88.2 Å². The van der Waals surface area contributed by atoms with E-state index < -0.39 is 0 Å². The lowest BCUT2D eigenvalue weighted by Crippen LogP contribution is -2.53. The van der Waals surface area contributed by atoms with Crippen molar-refractivity contribution in [1.29, 1.82) is 0 Å². The molecule has 3 nitrogen and oxygen atoms in total. The van der Waals surface area contributed by atoms with Crippen molar-refractivity contribution in [2.75, 3.05) is 19.7 Å². The number of nitrogens with zero attached hydrogens (tertiary/aromatic N) is 1. The number of aromatic amines is 1. The summed E-state index contributed by atoms with van der Waals surface area (Å²) in [6.45, 7) is 5.60. The molecule has 4 heteroatoms. The smallest absolute Gasteiger partial charge is 0.123 e. The number of hydrogen-bond donors (Lipinski definition) is 1. The van der Waals surface area contributed by atoms with Crippen molar-refractivity contribution in [3.05, 3.63) is 35.3 Å². The van der Waals surface area contributed by atoms with Gasteiger partial charge in [-0.3, -0.25) is 4.90 Å². The maximum atomic E-state index is 13.9. The Bertz CT molecular complexity index is 844. The van der Waals surface area contributed by atoms with E-state index in [9.17, 15) is 4.39 Å². The Hall–Kier alpha value is -1.39. The zero-order chi connectivity index (χ0) is 19.2. The van der Waals surface area contributed by atoms with E-state index >= 15 is 0 Å². The van der Waals surface area contributed by atoms with E-state index in [-0.39, 0.29) is 11.4 Å². The molecule has 2 aliphatic heterocycles. The molecule has 1 saturated heterocycles. The number of likely N-dealkylation sites (tertiary alicyclic amines) is 1. The largest absolute Gasteiger partial charge is 0.368 e. The van der Waals surface area contributed by atoms with Gasteiger partial charge in [-0.2, -0.15) is 0 Å². The molecular formula is C24H33FN2O. The lowest BCUT2D eigenvalue weighted by atomic mass is 9.68. The third-order valence-electron chi connectivity index (χ3n) is 7.82. The summed E-state index contributed by atoms with van der Waals surface area (Å²) in [5.74, 6) is -0.147. The highest BCUT2D eigenvalue weighted by Gasteiger charge is 2.49. The second-order valence-corrected chi connectivity index (χ2v) is 9.28. The van der Waals surface area contributed by atoms with Crippen LogP contribution in [0.15, 0.2) is 18.2 Å².